The fraction of sp³-hybridized carbons (Fsp3) is 0.316. The summed E-state index contributed by atoms with van der Waals surface area (Å²) in [5.41, 5.74) is 2.37. The van der Waals surface area contributed by atoms with Crippen LogP contribution in [0.2, 0.25) is 5.02 Å². The van der Waals surface area contributed by atoms with E-state index in [-0.39, 0.29) is 12.7 Å². The second-order valence-electron chi connectivity index (χ2n) is 6.53. The van der Waals surface area contributed by atoms with E-state index in [9.17, 15) is 4.79 Å². The summed E-state index contributed by atoms with van der Waals surface area (Å²) in [4.78, 5) is 14.8. The van der Waals surface area contributed by atoms with Gasteiger partial charge in [0.1, 0.15) is 0 Å². The zero-order valence-corrected chi connectivity index (χ0v) is 14.7. The predicted molar refractivity (Wildman–Crippen MR) is 98.0 cm³/mol. The normalized spacial score (nSPS) is 18.5. The SMILES string of the molecule is CC1CCN(c2ccc(NC(=O)c3cc(Cl)c4c(c3)OCO4)cc2)C1. The fourth-order valence-electron chi connectivity index (χ4n) is 3.23. The van der Waals surface area contributed by atoms with Gasteiger partial charge in [0.15, 0.2) is 11.5 Å². The molecule has 1 amide bonds. The summed E-state index contributed by atoms with van der Waals surface area (Å²) in [6, 6.07) is 11.2. The summed E-state index contributed by atoms with van der Waals surface area (Å²) >= 11 is 6.14. The minimum absolute atomic E-state index is 0.122. The van der Waals surface area contributed by atoms with E-state index in [0.717, 1.165) is 24.7 Å². The Bertz CT molecular complexity index is 807. The number of anilines is 2. The van der Waals surface area contributed by atoms with Crippen molar-refractivity contribution in [1.29, 1.82) is 0 Å². The highest BCUT2D eigenvalue weighted by Crippen LogP contribution is 2.39. The van der Waals surface area contributed by atoms with Gasteiger partial charge in [-0.3, -0.25) is 4.79 Å². The Hall–Kier alpha value is -2.40. The van der Waals surface area contributed by atoms with E-state index in [1.54, 1.807) is 12.1 Å². The number of benzene rings is 2. The number of amides is 1. The molecule has 0 radical (unpaired) electrons. The molecule has 0 aliphatic carbocycles. The Balaban J connectivity index is 1.47. The van der Waals surface area contributed by atoms with Gasteiger partial charge in [-0.05, 0) is 48.7 Å². The molecule has 0 saturated carbocycles. The molecule has 2 aliphatic heterocycles. The number of ether oxygens (including phenoxy) is 2. The Morgan fingerprint density at radius 2 is 2.04 bits per heavy atom. The van der Waals surface area contributed by atoms with Gasteiger partial charge in [0.2, 0.25) is 6.79 Å². The van der Waals surface area contributed by atoms with Crippen molar-refractivity contribution in [1.82, 2.24) is 0 Å². The average Bonchev–Trinajstić information content (AvgIpc) is 3.24. The highest BCUT2D eigenvalue weighted by molar-refractivity contribution is 6.32. The van der Waals surface area contributed by atoms with E-state index in [1.807, 2.05) is 24.3 Å². The third-order valence-corrected chi connectivity index (χ3v) is 4.88. The van der Waals surface area contributed by atoms with Crippen LogP contribution in [0.25, 0.3) is 0 Å². The first-order valence-corrected chi connectivity index (χ1v) is 8.73. The highest BCUT2D eigenvalue weighted by atomic mass is 35.5. The molecule has 1 unspecified atom stereocenters. The minimum atomic E-state index is -0.234. The van der Waals surface area contributed by atoms with Crippen molar-refractivity contribution in [2.45, 2.75) is 13.3 Å². The number of carbonyl (C=O) groups is 1. The molecule has 4 rings (SSSR count). The van der Waals surface area contributed by atoms with E-state index in [4.69, 9.17) is 21.1 Å². The Morgan fingerprint density at radius 3 is 2.76 bits per heavy atom. The van der Waals surface area contributed by atoms with Gasteiger partial charge in [0.05, 0.1) is 5.02 Å². The summed E-state index contributed by atoms with van der Waals surface area (Å²) in [7, 11) is 0. The number of fused-ring (bicyclic) bond motifs is 1. The monoisotopic (exact) mass is 358 g/mol. The quantitative estimate of drug-likeness (QED) is 0.894. The number of carbonyl (C=O) groups excluding carboxylic acids is 1. The lowest BCUT2D eigenvalue weighted by atomic mass is 10.1. The summed E-state index contributed by atoms with van der Waals surface area (Å²) in [6.07, 6.45) is 1.23. The molecule has 1 N–H and O–H groups in total. The lowest BCUT2D eigenvalue weighted by Crippen LogP contribution is -2.19. The first-order valence-electron chi connectivity index (χ1n) is 8.35. The number of nitrogens with one attached hydrogen (secondary N) is 1. The van der Waals surface area contributed by atoms with Crippen molar-refractivity contribution in [3.63, 3.8) is 0 Å². The van der Waals surface area contributed by atoms with E-state index < -0.39 is 0 Å². The van der Waals surface area contributed by atoms with Gasteiger partial charge in [-0.25, -0.2) is 0 Å². The number of halogens is 1. The molecule has 2 aromatic carbocycles. The summed E-state index contributed by atoms with van der Waals surface area (Å²) in [6.45, 7) is 4.56. The van der Waals surface area contributed by atoms with Crippen LogP contribution in [0.3, 0.4) is 0 Å². The molecule has 5 nitrogen and oxygen atoms in total. The molecule has 25 heavy (non-hydrogen) atoms. The second-order valence-corrected chi connectivity index (χ2v) is 6.94. The van der Waals surface area contributed by atoms with Gasteiger partial charge in [-0.1, -0.05) is 18.5 Å². The molecule has 130 valence electrons. The molecular formula is C19H19ClN2O3. The fourth-order valence-corrected chi connectivity index (χ4v) is 3.49. The molecule has 0 bridgehead atoms. The van der Waals surface area contributed by atoms with E-state index >= 15 is 0 Å². The molecule has 6 heteroatoms. The topological polar surface area (TPSA) is 50.8 Å². The number of hydrogen-bond acceptors (Lipinski definition) is 4. The van der Waals surface area contributed by atoms with Gasteiger partial charge in [-0.15, -0.1) is 0 Å². The maximum absolute atomic E-state index is 12.5. The number of rotatable bonds is 3. The maximum atomic E-state index is 12.5. The van der Waals surface area contributed by atoms with Crippen LogP contribution in [0.4, 0.5) is 11.4 Å². The van der Waals surface area contributed by atoms with Crippen molar-refractivity contribution in [3.8, 4) is 11.5 Å². The van der Waals surface area contributed by atoms with Crippen LogP contribution < -0.4 is 19.7 Å². The lowest BCUT2D eigenvalue weighted by molar-refractivity contribution is 0.102. The second kappa shape index (κ2) is 6.48. The standard InChI is InChI=1S/C19H19ClN2O3/c1-12-6-7-22(10-12)15-4-2-14(3-5-15)21-19(23)13-8-16(20)18-17(9-13)24-11-25-18/h2-5,8-9,12H,6-7,10-11H2,1H3,(H,21,23). The van der Waals surface area contributed by atoms with E-state index in [2.05, 4.69) is 17.1 Å². The smallest absolute Gasteiger partial charge is 0.255 e. The molecule has 0 spiro atoms. The minimum Gasteiger partial charge on any atom is -0.454 e. The molecule has 1 saturated heterocycles. The number of hydrogen-bond donors (Lipinski definition) is 1. The molecule has 1 atom stereocenters. The molecule has 2 aromatic rings. The first kappa shape index (κ1) is 16.1. The van der Waals surface area contributed by atoms with Crippen LogP contribution >= 0.6 is 11.6 Å². The Morgan fingerprint density at radius 1 is 1.24 bits per heavy atom. The van der Waals surface area contributed by atoms with Crippen LogP contribution in [0.5, 0.6) is 11.5 Å². The Kier molecular flexibility index (Phi) is 4.17. The van der Waals surface area contributed by atoms with Crippen molar-refractivity contribution < 1.29 is 14.3 Å². The van der Waals surface area contributed by atoms with Crippen molar-refractivity contribution in [2.24, 2.45) is 5.92 Å². The molecule has 2 aliphatic rings. The third kappa shape index (κ3) is 3.24. The van der Waals surface area contributed by atoms with E-state index in [0.29, 0.717) is 22.1 Å². The van der Waals surface area contributed by atoms with Crippen LogP contribution in [0, 0.1) is 5.92 Å². The molecular weight excluding hydrogens is 340 g/mol. The van der Waals surface area contributed by atoms with Gasteiger partial charge in [-0.2, -0.15) is 0 Å². The zero-order chi connectivity index (χ0) is 17.4. The third-order valence-electron chi connectivity index (χ3n) is 4.60. The summed E-state index contributed by atoms with van der Waals surface area (Å²) in [5.74, 6) is 1.48. The van der Waals surface area contributed by atoms with Crippen molar-refractivity contribution >= 4 is 28.9 Å². The van der Waals surface area contributed by atoms with Gasteiger partial charge < -0.3 is 19.7 Å². The predicted octanol–water partition coefficient (Wildman–Crippen LogP) is 4.17. The summed E-state index contributed by atoms with van der Waals surface area (Å²) in [5, 5.41) is 3.26. The largest absolute Gasteiger partial charge is 0.454 e. The summed E-state index contributed by atoms with van der Waals surface area (Å²) < 4.78 is 10.6. The van der Waals surface area contributed by atoms with Gasteiger partial charge >= 0.3 is 0 Å². The molecule has 2 heterocycles. The molecule has 0 aromatic heterocycles. The number of nitrogens with zero attached hydrogens (tertiary/aromatic N) is 1. The van der Waals surface area contributed by atoms with Crippen LogP contribution in [0.15, 0.2) is 36.4 Å². The first-order chi connectivity index (χ1) is 12.1. The van der Waals surface area contributed by atoms with Gasteiger partial charge in [0, 0.05) is 30.0 Å². The van der Waals surface area contributed by atoms with Crippen molar-refractivity contribution in [3.05, 3.63) is 47.0 Å². The Labute approximate surface area is 151 Å². The average molecular weight is 359 g/mol. The highest BCUT2D eigenvalue weighted by Gasteiger charge is 2.21. The van der Waals surface area contributed by atoms with Gasteiger partial charge in [0.25, 0.3) is 5.91 Å². The van der Waals surface area contributed by atoms with Crippen LogP contribution in [-0.2, 0) is 0 Å². The van der Waals surface area contributed by atoms with Crippen LogP contribution in [0.1, 0.15) is 23.7 Å². The van der Waals surface area contributed by atoms with Crippen LogP contribution in [-0.4, -0.2) is 25.8 Å². The van der Waals surface area contributed by atoms with E-state index in [1.165, 1.54) is 12.1 Å². The lowest BCUT2D eigenvalue weighted by Gasteiger charge is -2.18. The zero-order valence-electron chi connectivity index (χ0n) is 13.9. The maximum Gasteiger partial charge on any atom is 0.255 e. The molecule has 1 fully saturated rings. The van der Waals surface area contributed by atoms with Crippen molar-refractivity contribution in [2.75, 3.05) is 30.1 Å².